The molecule has 2 N–H and O–H groups in total. The van der Waals surface area contributed by atoms with E-state index >= 15 is 0 Å². The lowest BCUT2D eigenvalue weighted by molar-refractivity contribution is 0.129. The van der Waals surface area contributed by atoms with E-state index in [9.17, 15) is 4.79 Å². The average molecular weight is 292 g/mol. The molecule has 8 heteroatoms. The molecule has 8 nitrogen and oxygen atoms in total. The van der Waals surface area contributed by atoms with E-state index in [1.165, 1.54) is 0 Å². The normalized spacial score (nSPS) is 12.4. The van der Waals surface area contributed by atoms with Crippen LogP contribution in [-0.4, -0.2) is 37.8 Å². The minimum Gasteiger partial charge on any atom is -0.447 e. The van der Waals surface area contributed by atoms with Crippen molar-refractivity contribution in [1.82, 2.24) is 19.6 Å². The molecule has 0 saturated carbocycles. The second-order valence-electron chi connectivity index (χ2n) is 5.03. The van der Waals surface area contributed by atoms with E-state index < -0.39 is 6.09 Å². The van der Waals surface area contributed by atoms with E-state index in [-0.39, 0.29) is 12.1 Å². The van der Waals surface area contributed by atoms with Gasteiger partial charge in [-0.2, -0.15) is 0 Å². The maximum absolute atomic E-state index is 11.6. The molecule has 0 saturated heterocycles. The van der Waals surface area contributed by atoms with Gasteiger partial charge in [-0.3, -0.25) is 9.72 Å². The van der Waals surface area contributed by atoms with Crippen molar-refractivity contribution in [1.29, 1.82) is 0 Å². The van der Waals surface area contributed by atoms with Crippen molar-refractivity contribution in [3.8, 4) is 0 Å². The third-order valence-corrected chi connectivity index (χ3v) is 2.88. The molecule has 0 aromatic carbocycles. The highest BCUT2D eigenvalue weighted by atomic mass is 16.6. The molecular formula is C13H20N6O2. The number of hydrogen-bond acceptors (Lipinski definition) is 6. The molecule has 0 aliphatic carbocycles. The Bertz CT molecular complexity index is 624. The molecule has 1 unspecified atom stereocenters. The van der Waals surface area contributed by atoms with Gasteiger partial charge < -0.3 is 10.1 Å². The first kappa shape index (κ1) is 15.0. The van der Waals surface area contributed by atoms with Gasteiger partial charge in [-0.05, 0) is 27.2 Å². The molecule has 0 spiro atoms. The van der Waals surface area contributed by atoms with Crippen molar-refractivity contribution < 1.29 is 9.53 Å². The Labute approximate surface area is 122 Å². The summed E-state index contributed by atoms with van der Waals surface area (Å²) in [4.78, 5) is 15.9. The topological polar surface area (TPSA) is 93.4 Å². The van der Waals surface area contributed by atoms with Crippen LogP contribution in [0.3, 0.4) is 0 Å². The van der Waals surface area contributed by atoms with Crippen molar-refractivity contribution in [3.63, 3.8) is 0 Å². The standard InChI is InChI=1S/C13H20N6O2/c1-5-9(4)15-10-11-17-18-12(19(11)7-6-14-10)16-13(20)21-8(2)3/h6-9H,5H2,1-4H3,(H,14,15)(H,16,18,20). The molecule has 0 fully saturated rings. The first-order chi connectivity index (χ1) is 10.0. The lowest BCUT2D eigenvalue weighted by Gasteiger charge is -2.12. The average Bonchev–Trinajstić information content (AvgIpc) is 2.82. The van der Waals surface area contributed by atoms with Crippen LogP contribution in [0.5, 0.6) is 0 Å². The van der Waals surface area contributed by atoms with Crippen LogP contribution in [0.4, 0.5) is 16.6 Å². The molecule has 2 aromatic rings. The number of rotatable bonds is 5. The van der Waals surface area contributed by atoms with Crippen LogP contribution in [0.15, 0.2) is 12.4 Å². The number of nitrogens with zero attached hydrogens (tertiary/aromatic N) is 4. The molecule has 2 heterocycles. The Morgan fingerprint density at radius 3 is 2.81 bits per heavy atom. The number of nitrogens with one attached hydrogen (secondary N) is 2. The van der Waals surface area contributed by atoms with E-state index in [0.717, 1.165) is 6.42 Å². The maximum Gasteiger partial charge on any atom is 0.414 e. The summed E-state index contributed by atoms with van der Waals surface area (Å²) in [5, 5.41) is 13.8. The minimum atomic E-state index is -0.562. The fraction of sp³-hybridized carbons (Fsp3) is 0.538. The van der Waals surface area contributed by atoms with Gasteiger partial charge in [0, 0.05) is 18.4 Å². The zero-order valence-corrected chi connectivity index (χ0v) is 12.6. The molecule has 21 heavy (non-hydrogen) atoms. The molecule has 2 rings (SSSR count). The van der Waals surface area contributed by atoms with Gasteiger partial charge in [0.1, 0.15) is 0 Å². The molecule has 1 atom stereocenters. The summed E-state index contributed by atoms with van der Waals surface area (Å²) in [6.45, 7) is 7.69. The molecule has 2 aromatic heterocycles. The summed E-state index contributed by atoms with van der Waals surface area (Å²) in [6, 6.07) is 0.266. The second-order valence-corrected chi connectivity index (χ2v) is 5.03. The Kier molecular flexibility index (Phi) is 4.56. The Morgan fingerprint density at radius 1 is 1.38 bits per heavy atom. The minimum absolute atomic E-state index is 0.200. The Morgan fingerprint density at radius 2 is 2.14 bits per heavy atom. The summed E-state index contributed by atoms with van der Waals surface area (Å²) in [7, 11) is 0. The zero-order chi connectivity index (χ0) is 15.4. The number of amides is 1. The first-order valence-electron chi connectivity index (χ1n) is 6.95. The van der Waals surface area contributed by atoms with E-state index in [4.69, 9.17) is 4.74 Å². The lowest BCUT2D eigenvalue weighted by Crippen LogP contribution is -2.19. The highest BCUT2D eigenvalue weighted by molar-refractivity contribution is 5.83. The molecule has 0 bridgehead atoms. The number of aromatic nitrogens is 4. The largest absolute Gasteiger partial charge is 0.447 e. The first-order valence-corrected chi connectivity index (χ1v) is 6.95. The van der Waals surface area contributed by atoms with Gasteiger partial charge in [-0.25, -0.2) is 9.78 Å². The molecule has 0 aliphatic heterocycles. The smallest absolute Gasteiger partial charge is 0.414 e. The van der Waals surface area contributed by atoms with Gasteiger partial charge >= 0.3 is 6.09 Å². The van der Waals surface area contributed by atoms with Crippen LogP contribution in [0.25, 0.3) is 5.65 Å². The Hall–Kier alpha value is -2.38. The van der Waals surface area contributed by atoms with Gasteiger partial charge in [0.2, 0.25) is 11.6 Å². The van der Waals surface area contributed by atoms with Crippen molar-refractivity contribution >= 4 is 23.5 Å². The fourth-order valence-corrected chi connectivity index (χ4v) is 1.68. The maximum atomic E-state index is 11.6. The number of fused-ring (bicyclic) bond motifs is 1. The van der Waals surface area contributed by atoms with Crippen LogP contribution in [0.1, 0.15) is 34.1 Å². The number of ether oxygens (including phenoxy) is 1. The van der Waals surface area contributed by atoms with Crippen molar-refractivity contribution in [2.75, 3.05) is 10.6 Å². The van der Waals surface area contributed by atoms with Crippen LogP contribution >= 0.6 is 0 Å². The summed E-state index contributed by atoms with van der Waals surface area (Å²) in [6.07, 6.45) is 3.51. The van der Waals surface area contributed by atoms with Crippen molar-refractivity contribution in [2.24, 2.45) is 0 Å². The quantitative estimate of drug-likeness (QED) is 0.878. The van der Waals surface area contributed by atoms with Crippen LogP contribution in [-0.2, 0) is 4.74 Å². The van der Waals surface area contributed by atoms with E-state index in [2.05, 4.69) is 39.7 Å². The highest BCUT2D eigenvalue weighted by Gasteiger charge is 2.14. The third-order valence-electron chi connectivity index (χ3n) is 2.88. The number of carbonyl (C=O) groups excluding carboxylic acids is 1. The summed E-state index contributed by atoms with van der Waals surface area (Å²) < 4.78 is 6.67. The van der Waals surface area contributed by atoms with E-state index in [1.807, 2.05) is 0 Å². The van der Waals surface area contributed by atoms with Gasteiger partial charge in [0.25, 0.3) is 0 Å². The molecule has 0 aliphatic rings. The fourth-order valence-electron chi connectivity index (χ4n) is 1.68. The zero-order valence-electron chi connectivity index (χ0n) is 12.6. The van der Waals surface area contributed by atoms with Crippen LogP contribution in [0, 0.1) is 0 Å². The van der Waals surface area contributed by atoms with Crippen LogP contribution in [0.2, 0.25) is 0 Å². The third kappa shape index (κ3) is 3.59. The highest BCUT2D eigenvalue weighted by Crippen LogP contribution is 2.16. The van der Waals surface area contributed by atoms with Crippen molar-refractivity contribution in [2.45, 2.75) is 46.3 Å². The summed E-state index contributed by atoms with van der Waals surface area (Å²) >= 11 is 0. The molecule has 0 radical (unpaired) electrons. The predicted molar refractivity (Wildman–Crippen MR) is 79.4 cm³/mol. The van der Waals surface area contributed by atoms with Crippen LogP contribution < -0.4 is 10.6 Å². The summed E-state index contributed by atoms with van der Waals surface area (Å²) in [5.41, 5.74) is 0.553. The van der Waals surface area contributed by atoms with Gasteiger partial charge in [0.15, 0.2) is 5.82 Å². The number of hydrogen-bond donors (Lipinski definition) is 2. The van der Waals surface area contributed by atoms with Crippen molar-refractivity contribution in [3.05, 3.63) is 12.4 Å². The van der Waals surface area contributed by atoms with Gasteiger partial charge in [0.05, 0.1) is 6.10 Å². The Balaban J connectivity index is 2.24. The molecule has 1 amide bonds. The monoisotopic (exact) mass is 292 g/mol. The van der Waals surface area contributed by atoms with Gasteiger partial charge in [-0.15, -0.1) is 10.2 Å². The lowest BCUT2D eigenvalue weighted by atomic mass is 10.2. The summed E-state index contributed by atoms with van der Waals surface area (Å²) in [5.74, 6) is 0.926. The SMILES string of the molecule is CCC(C)Nc1nccn2c(NC(=O)OC(C)C)nnc12. The number of anilines is 2. The predicted octanol–water partition coefficient (Wildman–Crippen LogP) is 2.29. The molecule has 114 valence electrons. The van der Waals surface area contributed by atoms with E-state index in [0.29, 0.717) is 17.4 Å². The van der Waals surface area contributed by atoms with E-state index in [1.54, 1.807) is 30.6 Å². The molecular weight excluding hydrogens is 272 g/mol. The second kappa shape index (κ2) is 6.38. The van der Waals surface area contributed by atoms with Gasteiger partial charge in [-0.1, -0.05) is 6.92 Å². The number of carbonyl (C=O) groups is 1.